The Bertz CT molecular complexity index is 1360. The normalized spacial score (nSPS) is 14.1. The highest BCUT2D eigenvalue weighted by Crippen LogP contribution is 2.38. The zero-order chi connectivity index (χ0) is 27.9. The van der Waals surface area contributed by atoms with E-state index in [1.165, 1.54) is 36.6 Å². The molecule has 4 rings (SSSR count). The summed E-state index contributed by atoms with van der Waals surface area (Å²) in [4.78, 5) is 26.8. The van der Waals surface area contributed by atoms with Crippen molar-refractivity contribution in [1.29, 1.82) is 0 Å². The number of halogens is 2. The van der Waals surface area contributed by atoms with Crippen LogP contribution in [0.15, 0.2) is 36.0 Å². The number of nitrogens with zero attached hydrogens (tertiary/aromatic N) is 3. The molecule has 12 heteroatoms. The number of aryl methyl sites for hydroxylation is 1. The number of methoxy groups -OCH3 is 1. The van der Waals surface area contributed by atoms with Crippen molar-refractivity contribution in [3.8, 4) is 5.75 Å². The molecule has 0 saturated heterocycles. The van der Waals surface area contributed by atoms with Crippen LogP contribution in [0.5, 0.6) is 5.75 Å². The van der Waals surface area contributed by atoms with E-state index in [9.17, 15) is 9.59 Å². The summed E-state index contributed by atoms with van der Waals surface area (Å²) in [5.41, 5.74) is 1.50. The Morgan fingerprint density at radius 3 is 2.74 bits per heavy atom. The first-order valence-electron chi connectivity index (χ1n) is 12.6. The number of rotatable bonds is 10. The van der Waals surface area contributed by atoms with Gasteiger partial charge in [-0.25, -0.2) is 4.79 Å². The van der Waals surface area contributed by atoms with Gasteiger partial charge in [-0.15, -0.1) is 28.1 Å². The highest BCUT2D eigenvalue weighted by molar-refractivity contribution is 7.99. The molecule has 1 aromatic carbocycles. The minimum Gasteiger partial charge on any atom is -0.481 e. The number of carbonyl (C=O) groups excluding carboxylic acids is 2. The number of hydrogen-bond donors (Lipinski definition) is 1. The first kappa shape index (κ1) is 29.5. The largest absolute Gasteiger partial charge is 0.481 e. The maximum atomic E-state index is 13.0. The Hall–Kier alpha value is -2.53. The van der Waals surface area contributed by atoms with E-state index in [1.807, 2.05) is 11.5 Å². The molecule has 39 heavy (non-hydrogen) atoms. The third kappa shape index (κ3) is 7.16. The summed E-state index contributed by atoms with van der Waals surface area (Å²) in [6.45, 7) is 6.09. The lowest BCUT2D eigenvalue weighted by molar-refractivity contribution is -0.113. The lowest BCUT2D eigenvalue weighted by atomic mass is 9.96. The van der Waals surface area contributed by atoms with Crippen LogP contribution in [0.25, 0.3) is 0 Å². The lowest BCUT2D eigenvalue weighted by Crippen LogP contribution is -2.17. The molecule has 0 fully saturated rings. The minimum absolute atomic E-state index is 0.0772. The van der Waals surface area contributed by atoms with Gasteiger partial charge in [0.05, 0.1) is 23.4 Å². The molecule has 1 atom stereocenters. The second kappa shape index (κ2) is 13.7. The van der Waals surface area contributed by atoms with Gasteiger partial charge in [-0.2, -0.15) is 0 Å². The zero-order valence-corrected chi connectivity index (χ0v) is 24.9. The van der Waals surface area contributed by atoms with Crippen molar-refractivity contribution in [3.63, 3.8) is 0 Å². The van der Waals surface area contributed by atoms with Crippen LogP contribution in [0.1, 0.15) is 65.3 Å². The number of carbonyl (C=O) groups is 2. The average molecular weight is 610 g/mol. The topological polar surface area (TPSA) is 95.3 Å². The van der Waals surface area contributed by atoms with Crippen LogP contribution >= 0.6 is 46.3 Å². The molecule has 0 spiro atoms. The van der Waals surface area contributed by atoms with Gasteiger partial charge in [-0.3, -0.25) is 9.36 Å². The van der Waals surface area contributed by atoms with Crippen LogP contribution in [0, 0.1) is 0 Å². The molecule has 1 amide bonds. The number of esters is 1. The minimum atomic E-state index is -0.496. The van der Waals surface area contributed by atoms with Crippen molar-refractivity contribution >= 4 is 63.2 Å². The van der Waals surface area contributed by atoms with Crippen molar-refractivity contribution in [1.82, 2.24) is 14.8 Å². The molecule has 208 valence electrons. The summed E-state index contributed by atoms with van der Waals surface area (Å²) in [6.07, 6.45) is 7.35. The van der Waals surface area contributed by atoms with Gasteiger partial charge < -0.3 is 14.8 Å². The van der Waals surface area contributed by atoms with Gasteiger partial charge in [-0.05, 0) is 50.3 Å². The SMILES string of the molecule is C=CCn1c(SCC(=O)Nc2sc3c(c2C(=O)OC)CCCCCC3)nnc1C(C)Oc1cc(Cl)ccc1Cl. The molecule has 2 heterocycles. The number of fused-ring (bicyclic) bond motifs is 1. The lowest BCUT2D eigenvalue weighted by Gasteiger charge is -2.16. The monoisotopic (exact) mass is 608 g/mol. The van der Waals surface area contributed by atoms with Gasteiger partial charge >= 0.3 is 5.97 Å². The summed E-state index contributed by atoms with van der Waals surface area (Å²) in [5, 5.41) is 13.6. The number of allylic oxidation sites excluding steroid dienone is 1. The molecular formula is C27H30Cl2N4O4S2. The number of thiophene rings is 1. The molecule has 0 aliphatic heterocycles. The number of nitrogens with one attached hydrogen (secondary N) is 1. The number of aromatic nitrogens is 3. The van der Waals surface area contributed by atoms with E-state index in [1.54, 1.807) is 24.3 Å². The second-order valence-corrected chi connectivity index (χ2v) is 11.9. The number of ether oxygens (including phenoxy) is 2. The average Bonchev–Trinajstić information content (AvgIpc) is 3.45. The molecule has 0 saturated carbocycles. The van der Waals surface area contributed by atoms with Gasteiger partial charge in [0.2, 0.25) is 5.91 Å². The first-order valence-corrected chi connectivity index (χ1v) is 15.2. The standard InChI is InChI=1S/C27H30Cl2N4O4S2/c1-4-13-33-24(16(2)37-20-14-17(28)11-12-19(20)29)31-32-27(33)38-15-22(34)30-25-23(26(35)36-3)18-9-7-5-6-8-10-21(18)39-25/h4,11-12,14,16H,1,5-10,13,15H2,2-3H3,(H,30,34). The van der Waals surface area contributed by atoms with E-state index < -0.39 is 12.1 Å². The number of thioether (sulfide) groups is 1. The molecule has 0 bridgehead atoms. The molecule has 8 nitrogen and oxygen atoms in total. The van der Waals surface area contributed by atoms with E-state index in [-0.39, 0.29) is 11.7 Å². The Morgan fingerprint density at radius 1 is 1.23 bits per heavy atom. The summed E-state index contributed by atoms with van der Waals surface area (Å²) in [7, 11) is 1.37. The van der Waals surface area contributed by atoms with E-state index in [0.717, 1.165) is 42.5 Å². The Labute approximate surface area is 246 Å². The highest BCUT2D eigenvalue weighted by atomic mass is 35.5. The second-order valence-electron chi connectivity index (χ2n) is 9.03. The fourth-order valence-electron chi connectivity index (χ4n) is 4.44. The fourth-order valence-corrected chi connectivity index (χ4v) is 6.81. The number of amides is 1. The van der Waals surface area contributed by atoms with Gasteiger partial charge in [0.15, 0.2) is 17.1 Å². The van der Waals surface area contributed by atoms with Gasteiger partial charge in [0.1, 0.15) is 10.8 Å². The van der Waals surface area contributed by atoms with E-state index in [4.69, 9.17) is 32.7 Å². The molecule has 0 radical (unpaired) electrons. The molecule has 1 N–H and O–H groups in total. The van der Waals surface area contributed by atoms with Crippen molar-refractivity contribution < 1.29 is 19.1 Å². The Kier molecular flexibility index (Phi) is 10.3. The molecular weight excluding hydrogens is 579 g/mol. The first-order chi connectivity index (χ1) is 18.8. The van der Waals surface area contributed by atoms with Crippen molar-refractivity contribution in [2.24, 2.45) is 0 Å². The molecule has 1 aliphatic rings. The summed E-state index contributed by atoms with van der Waals surface area (Å²) >= 11 is 15.1. The predicted octanol–water partition coefficient (Wildman–Crippen LogP) is 7.15. The maximum Gasteiger partial charge on any atom is 0.341 e. The van der Waals surface area contributed by atoms with Crippen LogP contribution in [0.4, 0.5) is 5.00 Å². The number of hydrogen-bond acceptors (Lipinski definition) is 8. The molecule has 1 aliphatic carbocycles. The van der Waals surface area contributed by atoms with Gasteiger partial charge in [0.25, 0.3) is 0 Å². The smallest absolute Gasteiger partial charge is 0.341 e. The van der Waals surface area contributed by atoms with Crippen LogP contribution in [-0.2, 0) is 28.9 Å². The third-order valence-corrected chi connectivity index (χ3v) is 8.99. The molecule has 2 aromatic heterocycles. The summed E-state index contributed by atoms with van der Waals surface area (Å²) in [6, 6.07) is 4.99. The van der Waals surface area contributed by atoms with Crippen LogP contribution in [0.2, 0.25) is 10.0 Å². The van der Waals surface area contributed by atoms with Gasteiger partial charge in [-0.1, -0.05) is 53.9 Å². The Morgan fingerprint density at radius 2 is 2.00 bits per heavy atom. The maximum absolute atomic E-state index is 13.0. The predicted molar refractivity (Wildman–Crippen MR) is 157 cm³/mol. The number of benzene rings is 1. The third-order valence-electron chi connectivity index (χ3n) is 6.26. The summed E-state index contributed by atoms with van der Waals surface area (Å²) in [5.74, 6) is 0.405. The van der Waals surface area contributed by atoms with Gasteiger partial charge in [0, 0.05) is 22.5 Å². The molecule has 3 aromatic rings. The Balaban J connectivity index is 1.48. The van der Waals surface area contributed by atoms with Crippen LogP contribution < -0.4 is 10.1 Å². The van der Waals surface area contributed by atoms with Crippen molar-refractivity contribution in [3.05, 3.63) is 62.7 Å². The molecule has 1 unspecified atom stereocenters. The van der Waals surface area contributed by atoms with E-state index in [0.29, 0.717) is 43.9 Å². The fraction of sp³-hybridized carbons (Fsp3) is 0.407. The van der Waals surface area contributed by atoms with E-state index >= 15 is 0 Å². The number of anilines is 1. The van der Waals surface area contributed by atoms with Crippen LogP contribution in [-0.4, -0.2) is 39.5 Å². The van der Waals surface area contributed by atoms with E-state index in [2.05, 4.69) is 22.1 Å². The van der Waals surface area contributed by atoms with Crippen LogP contribution in [0.3, 0.4) is 0 Å². The quantitative estimate of drug-likeness (QED) is 0.148. The zero-order valence-electron chi connectivity index (χ0n) is 21.8. The van der Waals surface area contributed by atoms with Crippen molar-refractivity contribution in [2.45, 2.75) is 63.3 Å². The van der Waals surface area contributed by atoms with Crippen molar-refractivity contribution in [2.75, 3.05) is 18.2 Å². The highest BCUT2D eigenvalue weighted by Gasteiger charge is 2.26. The summed E-state index contributed by atoms with van der Waals surface area (Å²) < 4.78 is 12.9.